The van der Waals surface area contributed by atoms with Crippen LogP contribution in [-0.4, -0.2) is 30.7 Å². The molecule has 0 aromatic carbocycles. The van der Waals surface area contributed by atoms with Crippen LogP contribution in [0.2, 0.25) is 0 Å². The van der Waals surface area contributed by atoms with Gasteiger partial charge in [0.05, 0.1) is 6.34 Å². The molecule has 0 amide bonds. The Kier molecular flexibility index (Phi) is 6.10. The van der Waals surface area contributed by atoms with Crippen molar-refractivity contribution in [1.82, 2.24) is 16.0 Å². The smallest absolute Gasteiger partial charge is 0.135 e. The molecule has 0 bridgehead atoms. The molecule has 1 rings (SSSR count). The normalized spacial score (nSPS) is 17.7. The Morgan fingerprint density at radius 3 is 2.75 bits per heavy atom. The lowest BCUT2D eigenvalue weighted by Gasteiger charge is -2.11. The minimum absolute atomic E-state index is 0.142. The number of hydrogen-bond acceptors (Lipinski definition) is 4. The Labute approximate surface area is 104 Å². The lowest BCUT2D eigenvalue weighted by atomic mass is 10.3. The fourth-order valence-corrected chi connectivity index (χ4v) is 1.46. The van der Waals surface area contributed by atoms with Crippen LogP contribution in [-0.2, 0) is 0 Å². The van der Waals surface area contributed by atoms with Gasteiger partial charge in [-0.15, -0.1) is 0 Å². The molecule has 6 heteroatoms. The topological polar surface area (TPSA) is 83.8 Å². The highest BCUT2D eigenvalue weighted by molar-refractivity contribution is 9.09. The summed E-state index contributed by atoms with van der Waals surface area (Å²) in [5.74, 6) is 0.833. The van der Waals surface area contributed by atoms with E-state index in [-0.39, 0.29) is 5.08 Å². The van der Waals surface area contributed by atoms with Crippen LogP contribution in [0.15, 0.2) is 11.8 Å². The molecule has 5 nitrogen and oxygen atoms in total. The van der Waals surface area contributed by atoms with Crippen molar-refractivity contribution < 1.29 is 0 Å². The molecule has 0 heterocycles. The van der Waals surface area contributed by atoms with Gasteiger partial charge in [-0.1, -0.05) is 0 Å². The largest absolute Gasteiger partial charge is 0.390 e. The van der Waals surface area contributed by atoms with E-state index < -0.39 is 0 Å². The van der Waals surface area contributed by atoms with Crippen LogP contribution < -0.4 is 16.0 Å². The Balaban J connectivity index is 2.18. The zero-order valence-electron chi connectivity index (χ0n) is 9.09. The third kappa shape index (κ3) is 5.87. The standard InChI is InChI=1S/C10H18BrN5/c11-10(16-7-13)15-6-9(3-12)5-14-4-8-1-2-8/h3,5,7-8,10,12,14-15H,1-2,4,6H2,(H2,13,16)/b9-5+,12-3?. The highest BCUT2D eigenvalue weighted by Gasteiger charge is 2.19. The van der Waals surface area contributed by atoms with Crippen molar-refractivity contribution in [1.29, 1.82) is 10.8 Å². The van der Waals surface area contributed by atoms with E-state index in [1.165, 1.54) is 19.1 Å². The molecule has 5 N–H and O–H groups in total. The highest BCUT2D eigenvalue weighted by atomic mass is 79.9. The van der Waals surface area contributed by atoms with E-state index in [2.05, 4.69) is 31.9 Å². The molecule has 16 heavy (non-hydrogen) atoms. The first-order valence-corrected chi connectivity index (χ1v) is 6.23. The minimum atomic E-state index is -0.142. The summed E-state index contributed by atoms with van der Waals surface area (Å²) in [5.41, 5.74) is 0.886. The Morgan fingerprint density at radius 2 is 2.19 bits per heavy atom. The Morgan fingerprint density at radius 1 is 1.44 bits per heavy atom. The molecule has 1 aliphatic rings. The summed E-state index contributed by atoms with van der Waals surface area (Å²) in [6.45, 7) is 1.59. The fourth-order valence-electron chi connectivity index (χ4n) is 1.16. The van der Waals surface area contributed by atoms with Gasteiger partial charge in [-0.25, -0.2) is 0 Å². The van der Waals surface area contributed by atoms with Crippen LogP contribution in [0.4, 0.5) is 0 Å². The molecule has 1 aliphatic carbocycles. The predicted octanol–water partition coefficient (Wildman–Crippen LogP) is 0.984. The maximum atomic E-state index is 7.25. The van der Waals surface area contributed by atoms with Gasteiger partial charge in [0.25, 0.3) is 0 Å². The Bertz CT molecular complexity index is 262. The third-order valence-electron chi connectivity index (χ3n) is 2.29. The zero-order valence-corrected chi connectivity index (χ0v) is 10.7. The van der Waals surface area contributed by atoms with Crippen LogP contribution in [0.25, 0.3) is 0 Å². The van der Waals surface area contributed by atoms with E-state index in [0.717, 1.165) is 24.4 Å². The van der Waals surface area contributed by atoms with Gasteiger partial charge in [0.15, 0.2) is 0 Å². The maximum absolute atomic E-state index is 7.25. The van der Waals surface area contributed by atoms with Crippen molar-refractivity contribution in [2.24, 2.45) is 5.92 Å². The summed E-state index contributed by atoms with van der Waals surface area (Å²) in [4.78, 5) is 0. The summed E-state index contributed by atoms with van der Waals surface area (Å²) in [7, 11) is 0. The van der Waals surface area contributed by atoms with E-state index in [4.69, 9.17) is 10.8 Å². The van der Waals surface area contributed by atoms with E-state index in [0.29, 0.717) is 6.54 Å². The second kappa shape index (κ2) is 7.40. The number of hydrogen-bond donors (Lipinski definition) is 5. The number of nitrogens with one attached hydrogen (secondary N) is 5. The zero-order chi connectivity index (χ0) is 11.8. The van der Waals surface area contributed by atoms with E-state index in [9.17, 15) is 0 Å². The average Bonchev–Trinajstić information content (AvgIpc) is 3.07. The lowest BCUT2D eigenvalue weighted by Crippen LogP contribution is -2.37. The van der Waals surface area contributed by atoms with Crippen LogP contribution in [0.5, 0.6) is 0 Å². The number of halogens is 1. The van der Waals surface area contributed by atoms with Crippen molar-refractivity contribution in [2.45, 2.75) is 17.9 Å². The van der Waals surface area contributed by atoms with Crippen molar-refractivity contribution >= 4 is 28.5 Å². The van der Waals surface area contributed by atoms with Crippen molar-refractivity contribution in [3.8, 4) is 0 Å². The molecule has 90 valence electrons. The predicted molar refractivity (Wildman–Crippen MR) is 70.2 cm³/mol. The molecular formula is C10H18BrN5. The fraction of sp³-hybridized carbons (Fsp3) is 0.600. The summed E-state index contributed by atoms with van der Waals surface area (Å²) in [5, 5.41) is 23.0. The molecule has 0 saturated heterocycles. The van der Waals surface area contributed by atoms with Gasteiger partial charge in [-0.3, -0.25) is 10.7 Å². The second-order valence-corrected chi connectivity index (χ2v) is 4.69. The van der Waals surface area contributed by atoms with Crippen molar-refractivity contribution in [3.63, 3.8) is 0 Å². The summed E-state index contributed by atoms with van der Waals surface area (Å²) in [6, 6.07) is 0. The highest BCUT2D eigenvalue weighted by Crippen LogP contribution is 2.27. The van der Waals surface area contributed by atoms with Gasteiger partial charge in [0.1, 0.15) is 5.08 Å². The molecule has 1 saturated carbocycles. The average molecular weight is 288 g/mol. The van der Waals surface area contributed by atoms with Crippen molar-refractivity contribution in [3.05, 3.63) is 11.8 Å². The summed E-state index contributed by atoms with van der Waals surface area (Å²) < 4.78 is 0. The van der Waals surface area contributed by atoms with Gasteiger partial charge in [0.2, 0.25) is 0 Å². The quantitative estimate of drug-likeness (QED) is 0.144. The molecule has 0 radical (unpaired) electrons. The summed E-state index contributed by atoms with van der Waals surface area (Å²) in [6.07, 6.45) is 6.97. The van der Waals surface area contributed by atoms with Gasteiger partial charge in [-0.05, 0) is 40.3 Å². The van der Waals surface area contributed by atoms with Crippen molar-refractivity contribution in [2.75, 3.05) is 13.1 Å². The number of rotatable bonds is 9. The molecule has 0 aliphatic heterocycles. The first kappa shape index (κ1) is 13.2. The summed E-state index contributed by atoms with van der Waals surface area (Å²) >= 11 is 3.30. The molecule has 0 spiro atoms. The maximum Gasteiger partial charge on any atom is 0.135 e. The van der Waals surface area contributed by atoms with E-state index in [1.54, 1.807) is 0 Å². The molecule has 1 fully saturated rings. The third-order valence-corrected chi connectivity index (χ3v) is 2.88. The van der Waals surface area contributed by atoms with Crippen LogP contribution in [0, 0.1) is 16.7 Å². The molecular weight excluding hydrogens is 270 g/mol. The first-order valence-electron chi connectivity index (χ1n) is 5.31. The Hall–Kier alpha value is -0.880. The molecule has 0 aromatic heterocycles. The molecule has 1 atom stereocenters. The first-order chi connectivity index (χ1) is 7.76. The van der Waals surface area contributed by atoms with Gasteiger partial charge < -0.3 is 16.0 Å². The van der Waals surface area contributed by atoms with E-state index >= 15 is 0 Å². The van der Waals surface area contributed by atoms with Crippen LogP contribution in [0.3, 0.4) is 0 Å². The molecule has 1 unspecified atom stereocenters. The monoisotopic (exact) mass is 287 g/mol. The lowest BCUT2D eigenvalue weighted by molar-refractivity contribution is 0.673. The minimum Gasteiger partial charge on any atom is -0.390 e. The number of alkyl halides is 1. The second-order valence-electron chi connectivity index (χ2n) is 3.77. The SMILES string of the molecule is N=CNC(Br)NC/C(C=N)=C/NCC1CC1. The van der Waals surface area contributed by atoms with Gasteiger partial charge >= 0.3 is 0 Å². The van der Waals surface area contributed by atoms with E-state index in [1.807, 2.05) is 6.20 Å². The van der Waals surface area contributed by atoms with Crippen LogP contribution in [0.1, 0.15) is 12.8 Å². The molecule has 0 aromatic rings. The van der Waals surface area contributed by atoms with Gasteiger partial charge in [0, 0.05) is 25.5 Å². The van der Waals surface area contributed by atoms with Crippen LogP contribution >= 0.6 is 15.9 Å². The van der Waals surface area contributed by atoms with Gasteiger partial charge in [-0.2, -0.15) is 0 Å².